The maximum absolute atomic E-state index is 5.99. The van der Waals surface area contributed by atoms with E-state index in [-0.39, 0.29) is 5.41 Å². The summed E-state index contributed by atoms with van der Waals surface area (Å²) >= 11 is 0. The summed E-state index contributed by atoms with van der Waals surface area (Å²) in [4.78, 5) is 2.53. The minimum Gasteiger partial charge on any atom is -0.374 e. The molecule has 3 heteroatoms. The number of likely N-dealkylation sites (N-methyl/N-ethyl adjacent to an activating group) is 1. The van der Waals surface area contributed by atoms with Crippen molar-refractivity contribution in [3.63, 3.8) is 0 Å². The number of hydrogen-bond acceptors (Lipinski definition) is 3. The van der Waals surface area contributed by atoms with Crippen LogP contribution in [-0.4, -0.2) is 49.8 Å². The molecule has 3 nitrogen and oxygen atoms in total. The summed E-state index contributed by atoms with van der Waals surface area (Å²) in [5, 5.41) is 3.60. The Morgan fingerprint density at radius 2 is 2.06 bits per heavy atom. The molecule has 0 aromatic heterocycles. The summed E-state index contributed by atoms with van der Waals surface area (Å²) in [5.41, 5.74) is 0.246. The molecule has 0 radical (unpaired) electrons. The van der Waals surface area contributed by atoms with Gasteiger partial charge in [0, 0.05) is 19.1 Å². The van der Waals surface area contributed by atoms with Gasteiger partial charge in [-0.25, -0.2) is 0 Å². The topological polar surface area (TPSA) is 24.5 Å². The zero-order chi connectivity index (χ0) is 12.9. The minimum absolute atomic E-state index is 0.246. The van der Waals surface area contributed by atoms with Gasteiger partial charge in [-0.1, -0.05) is 34.6 Å². The van der Waals surface area contributed by atoms with Crippen molar-refractivity contribution in [1.82, 2.24) is 10.2 Å². The number of nitrogens with zero attached hydrogens (tertiary/aromatic N) is 1. The van der Waals surface area contributed by atoms with E-state index in [9.17, 15) is 0 Å². The zero-order valence-corrected chi connectivity index (χ0v) is 12.3. The molecule has 2 unspecified atom stereocenters. The molecule has 17 heavy (non-hydrogen) atoms. The third kappa shape index (κ3) is 4.57. The number of hydrogen-bond donors (Lipinski definition) is 1. The fraction of sp³-hybridized carbons (Fsp3) is 1.00. The number of nitrogens with one attached hydrogen (secondary N) is 1. The van der Waals surface area contributed by atoms with Gasteiger partial charge in [0.1, 0.15) is 0 Å². The van der Waals surface area contributed by atoms with Crippen molar-refractivity contribution < 1.29 is 4.74 Å². The summed E-state index contributed by atoms with van der Waals surface area (Å²) in [6, 6.07) is 0.437. The fourth-order valence-electron chi connectivity index (χ4n) is 2.67. The molecule has 1 heterocycles. The molecular weight excluding hydrogens is 212 g/mol. The molecule has 1 fully saturated rings. The Hall–Kier alpha value is -0.120. The summed E-state index contributed by atoms with van der Waals surface area (Å²) in [6.45, 7) is 16.5. The molecule has 0 aromatic carbocycles. The van der Waals surface area contributed by atoms with E-state index in [1.807, 2.05) is 0 Å². The van der Waals surface area contributed by atoms with Crippen molar-refractivity contribution >= 4 is 0 Å². The second kappa shape index (κ2) is 6.72. The van der Waals surface area contributed by atoms with Crippen molar-refractivity contribution in [1.29, 1.82) is 0 Å². The van der Waals surface area contributed by atoms with Crippen LogP contribution in [0.1, 0.15) is 41.0 Å². The van der Waals surface area contributed by atoms with E-state index in [1.54, 1.807) is 0 Å². The molecule has 102 valence electrons. The lowest BCUT2D eigenvalue weighted by atomic mass is 9.82. The molecule has 0 aliphatic carbocycles. The Bertz CT molecular complexity index is 211. The van der Waals surface area contributed by atoms with Crippen LogP contribution < -0.4 is 5.32 Å². The average molecular weight is 242 g/mol. The highest BCUT2D eigenvalue weighted by molar-refractivity contribution is 4.90. The van der Waals surface area contributed by atoms with Crippen LogP contribution in [0.25, 0.3) is 0 Å². The predicted molar refractivity (Wildman–Crippen MR) is 73.4 cm³/mol. The van der Waals surface area contributed by atoms with E-state index >= 15 is 0 Å². The standard InChI is InChI=1S/C14H30N2O/c1-6-8-16-9-10-17-12(11-16)13(15-7-2)14(3,4)5/h12-13,15H,6-11H2,1-5H3. The Kier molecular flexibility index (Phi) is 5.90. The molecule has 0 spiro atoms. The van der Waals surface area contributed by atoms with Crippen LogP contribution >= 0.6 is 0 Å². The number of rotatable bonds is 5. The largest absolute Gasteiger partial charge is 0.374 e. The van der Waals surface area contributed by atoms with Crippen molar-refractivity contribution in [2.45, 2.75) is 53.2 Å². The summed E-state index contributed by atoms with van der Waals surface area (Å²) in [5.74, 6) is 0. The normalized spacial score (nSPS) is 24.9. The van der Waals surface area contributed by atoms with Crippen LogP contribution in [0.2, 0.25) is 0 Å². The third-order valence-corrected chi connectivity index (χ3v) is 3.45. The van der Waals surface area contributed by atoms with E-state index in [1.165, 1.54) is 13.0 Å². The summed E-state index contributed by atoms with van der Waals surface area (Å²) < 4.78 is 5.99. The van der Waals surface area contributed by atoms with Gasteiger partial charge < -0.3 is 10.1 Å². The maximum atomic E-state index is 5.99. The van der Waals surface area contributed by atoms with Gasteiger partial charge in [-0.2, -0.15) is 0 Å². The van der Waals surface area contributed by atoms with Crippen LogP contribution in [0.15, 0.2) is 0 Å². The molecule has 1 rings (SSSR count). The van der Waals surface area contributed by atoms with Crippen LogP contribution in [0.5, 0.6) is 0 Å². The van der Waals surface area contributed by atoms with E-state index in [0.717, 1.165) is 26.2 Å². The molecule has 0 aromatic rings. The van der Waals surface area contributed by atoms with Crippen molar-refractivity contribution in [3.8, 4) is 0 Å². The molecule has 0 amide bonds. The van der Waals surface area contributed by atoms with Crippen LogP contribution in [0.3, 0.4) is 0 Å². The molecule has 2 atom stereocenters. The van der Waals surface area contributed by atoms with Gasteiger partial charge in [-0.05, 0) is 24.9 Å². The Morgan fingerprint density at radius 1 is 1.35 bits per heavy atom. The fourth-order valence-corrected chi connectivity index (χ4v) is 2.67. The lowest BCUT2D eigenvalue weighted by molar-refractivity contribution is -0.0648. The van der Waals surface area contributed by atoms with Crippen molar-refractivity contribution in [2.75, 3.05) is 32.8 Å². The quantitative estimate of drug-likeness (QED) is 0.799. The van der Waals surface area contributed by atoms with Crippen molar-refractivity contribution in [2.24, 2.45) is 5.41 Å². The Labute approximate surface area is 107 Å². The minimum atomic E-state index is 0.246. The lowest BCUT2D eigenvalue weighted by Gasteiger charge is -2.42. The average Bonchev–Trinajstić information content (AvgIpc) is 2.25. The monoisotopic (exact) mass is 242 g/mol. The highest BCUT2D eigenvalue weighted by Crippen LogP contribution is 2.25. The molecule has 1 aliphatic rings. The molecular formula is C14H30N2O. The van der Waals surface area contributed by atoms with Crippen LogP contribution in [0.4, 0.5) is 0 Å². The van der Waals surface area contributed by atoms with E-state index in [0.29, 0.717) is 12.1 Å². The summed E-state index contributed by atoms with van der Waals surface area (Å²) in [7, 11) is 0. The van der Waals surface area contributed by atoms with Gasteiger partial charge in [0.2, 0.25) is 0 Å². The van der Waals surface area contributed by atoms with Gasteiger partial charge in [0.05, 0.1) is 12.7 Å². The molecule has 1 N–H and O–H groups in total. The van der Waals surface area contributed by atoms with Gasteiger partial charge in [0.25, 0.3) is 0 Å². The third-order valence-electron chi connectivity index (χ3n) is 3.45. The highest BCUT2D eigenvalue weighted by atomic mass is 16.5. The van der Waals surface area contributed by atoms with Crippen molar-refractivity contribution in [3.05, 3.63) is 0 Å². The summed E-state index contributed by atoms with van der Waals surface area (Å²) in [6.07, 6.45) is 1.56. The van der Waals surface area contributed by atoms with Gasteiger partial charge in [-0.15, -0.1) is 0 Å². The first-order chi connectivity index (χ1) is 7.99. The second-order valence-electron chi connectivity index (χ2n) is 6.11. The van der Waals surface area contributed by atoms with E-state index < -0.39 is 0 Å². The lowest BCUT2D eigenvalue weighted by Crippen LogP contribution is -2.57. The first-order valence-corrected chi connectivity index (χ1v) is 7.06. The zero-order valence-electron chi connectivity index (χ0n) is 12.3. The van der Waals surface area contributed by atoms with Gasteiger partial charge in [0.15, 0.2) is 0 Å². The molecule has 0 saturated carbocycles. The Balaban J connectivity index is 2.60. The number of morpholine rings is 1. The van der Waals surface area contributed by atoms with Crippen LogP contribution in [0, 0.1) is 5.41 Å². The highest BCUT2D eigenvalue weighted by Gasteiger charge is 2.34. The van der Waals surface area contributed by atoms with Crippen LogP contribution in [-0.2, 0) is 4.74 Å². The Morgan fingerprint density at radius 3 is 2.59 bits per heavy atom. The smallest absolute Gasteiger partial charge is 0.0860 e. The SMILES string of the molecule is CCCN1CCOC(C(NCC)C(C)(C)C)C1. The first kappa shape index (κ1) is 14.9. The van der Waals surface area contributed by atoms with Gasteiger partial charge >= 0.3 is 0 Å². The first-order valence-electron chi connectivity index (χ1n) is 7.06. The van der Waals surface area contributed by atoms with E-state index in [2.05, 4.69) is 44.8 Å². The maximum Gasteiger partial charge on any atom is 0.0860 e. The van der Waals surface area contributed by atoms with E-state index in [4.69, 9.17) is 4.74 Å². The molecule has 1 aliphatic heterocycles. The predicted octanol–water partition coefficient (Wildman–Crippen LogP) is 2.12. The van der Waals surface area contributed by atoms with Gasteiger partial charge in [-0.3, -0.25) is 4.90 Å². The second-order valence-corrected chi connectivity index (χ2v) is 6.11. The number of ether oxygens (including phenoxy) is 1. The molecule has 1 saturated heterocycles. The molecule has 0 bridgehead atoms.